The van der Waals surface area contributed by atoms with Crippen LogP contribution in [0.2, 0.25) is 0 Å². The Morgan fingerprint density at radius 2 is 1.94 bits per heavy atom. The number of nitrogens with one attached hydrogen (secondary N) is 1. The van der Waals surface area contributed by atoms with E-state index < -0.39 is 0 Å². The summed E-state index contributed by atoms with van der Waals surface area (Å²) in [5, 5.41) is 2.80. The lowest BCUT2D eigenvalue weighted by Gasteiger charge is -2.16. The van der Waals surface area contributed by atoms with Crippen LogP contribution in [-0.2, 0) is 4.74 Å². The van der Waals surface area contributed by atoms with Gasteiger partial charge in [-0.3, -0.25) is 0 Å². The van der Waals surface area contributed by atoms with Crippen LogP contribution >= 0.6 is 0 Å². The number of carbonyl (C=O) groups is 1. The summed E-state index contributed by atoms with van der Waals surface area (Å²) in [4.78, 5) is 11.5. The van der Waals surface area contributed by atoms with Gasteiger partial charge in [0.1, 0.15) is 6.10 Å². The van der Waals surface area contributed by atoms with Gasteiger partial charge in [-0.1, -0.05) is 37.3 Å². The van der Waals surface area contributed by atoms with Crippen molar-refractivity contribution < 1.29 is 9.53 Å². The Labute approximate surface area is 96.8 Å². The minimum absolute atomic E-state index is 0.0299. The first-order valence-electron chi connectivity index (χ1n) is 5.65. The molecule has 0 radical (unpaired) electrons. The second kappa shape index (κ2) is 6.16. The summed E-state index contributed by atoms with van der Waals surface area (Å²) < 4.78 is 5.14. The Balaban J connectivity index is 2.46. The van der Waals surface area contributed by atoms with E-state index in [-0.39, 0.29) is 18.2 Å². The molecule has 0 aliphatic carbocycles. The number of benzene rings is 1. The predicted octanol–water partition coefficient (Wildman–Crippen LogP) is 3.27. The molecule has 3 nitrogen and oxygen atoms in total. The summed E-state index contributed by atoms with van der Waals surface area (Å²) in [7, 11) is 0. The predicted molar refractivity (Wildman–Crippen MR) is 64.2 cm³/mol. The monoisotopic (exact) mass is 221 g/mol. The first kappa shape index (κ1) is 12.6. The fraction of sp³-hybridized carbons (Fsp3) is 0.462. The van der Waals surface area contributed by atoms with Crippen molar-refractivity contribution in [3.8, 4) is 0 Å². The molecule has 0 aliphatic heterocycles. The average Bonchev–Trinajstić information content (AvgIpc) is 2.29. The second-order valence-electron chi connectivity index (χ2n) is 3.90. The van der Waals surface area contributed by atoms with Gasteiger partial charge in [0.15, 0.2) is 0 Å². The lowest BCUT2D eigenvalue weighted by Crippen LogP contribution is -2.29. The lowest BCUT2D eigenvalue weighted by atomic mass is 10.1. The van der Waals surface area contributed by atoms with E-state index in [2.05, 4.69) is 5.32 Å². The van der Waals surface area contributed by atoms with E-state index in [9.17, 15) is 4.79 Å². The van der Waals surface area contributed by atoms with E-state index in [1.807, 2.05) is 51.1 Å². The topological polar surface area (TPSA) is 38.3 Å². The highest BCUT2D eigenvalue weighted by molar-refractivity contribution is 5.68. The van der Waals surface area contributed by atoms with Crippen LogP contribution in [0.4, 0.5) is 4.79 Å². The van der Waals surface area contributed by atoms with Gasteiger partial charge in [-0.2, -0.15) is 0 Å². The molecular formula is C13H19NO2. The molecular weight excluding hydrogens is 202 g/mol. The number of hydrogen-bond acceptors (Lipinski definition) is 2. The molecule has 0 aliphatic rings. The zero-order valence-electron chi connectivity index (χ0n) is 10.1. The largest absolute Gasteiger partial charge is 0.447 e. The van der Waals surface area contributed by atoms with Crippen LogP contribution in [0.15, 0.2) is 30.3 Å². The van der Waals surface area contributed by atoms with Crippen molar-refractivity contribution in [3.63, 3.8) is 0 Å². The van der Waals surface area contributed by atoms with Crippen molar-refractivity contribution in [2.24, 2.45) is 0 Å². The molecule has 0 saturated heterocycles. The lowest BCUT2D eigenvalue weighted by molar-refractivity contribution is 0.102. The molecule has 0 bridgehead atoms. The van der Waals surface area contributed by atoms with Crippen molar-refractivity contribution in [1.82, 2.24) is 5.32 Å². The van der Waals surface area contributed by atoms with Gasteiger partial charge in [-0.25, -0.2) is 4.79 Å². The number of amides is 1. The fourth-order valence-electron chi connectivity index (χ4n) is 1.30. The van der Waals surface area contributed by atoms with Gasteiger partial charge >= 0.3 is 6.09 Å². The third-order valence-electron chi connectivity index (χ3n) is 2.52. The summed E-state index contributed by atoms with van der Waals surface area (Å²) in [6, 6.07) is 9.79. The summed E-state index contributed by atoms with van der Waals surface area (Å²) in [6.07, 6.45) is 0.432. The molecule has 1 N–H and O–H groups in total. The van der Waals surface area contributed by atoms with E-state index in [1.54, 1.807) is 0 Å². The normalized spacial score (nSPS) is 13.9. The van der Waals surface area contributed by atoms with Crippen molar-refractivity contribution in [2.75, 3.05) is 0 Å². The van der Waals surface area contributed by atoms with E-state index in [0.29, 0.717) is 0 Å². The summed E-state index contributed by atoms with van der Waals surface area (Å²) >= 11 is 0. The molecule has 16 heavy (non-hydrogen) atoms. The van der Waals surface area contributed by atoms with Gasteiger partial charge in [0.25, 0.3) is 0 Å². The maximum absolute atomic E-state index is 11.5. The first-order valence-corrected chi connectivity index (χ1v) is 5.65. The number of hydrogen-bond donors (Lipinski definition) is 1. The maximum atomic E-state index is 11.5. The molecule has 3 heteroatoms. The van der Waals surface area contributed by atoms with Crippen molar-refractivity contribution >= 4 is 6.09 Å². The smallest absolute Gasteiger partial charge is 0.407 e. The minimum atomic E-state index is -0.356. The first-order chi connectivity index (χ1) is 7.63. The summed E-state index contributed by atoms with van der Waals surface area (Å²) in [5.74, 6) is 0. The number of carbonyl (C=O) groups excluding carboxylic acids is 1. The Kier molecular flexibility index (Phi) is 4.83. The SMILES string of the molecule is CCC(C)OC(=O)NC(C)c1ccccc1. The van der Waals surface area contributed by atoms with Crippen LogP contribution in [0.5, 0.6) is 0 Å². The highest BCUT2D eigenvalue weighted by Crippen LogP contribution is 2.11. The van der Waals surface area contributed by atoms with Crippen LogP contribution in [0.3, 0.4) is 0 Å². The average molecular weight is 221 g/mol. The molecule has 0 fully saturated rings. The van der Waals surface area contributed by atoms with Gasteiger partial charge in [-0.15, -0.1) is 0 Å². The van der Waals surface area contributed by atoms with Gasteiger partial charge in [-0.05, 0) is 25.8 Å². The minimum Gasteiger partial charge on any atom is -0.447 e. The highest BCUT2D eigenvalue weighted by Gasteiger charge is 2.11. The van der Waals surface area contributed by atoms with Gasteiger partial charge in [0.05, 0.1) is 6.04 Å². The molecule has 0 aromatic heterocycles. The maximum Gasteiger partial charge on any atom is 0.407 e. The molecule has 1 rings (SSSR count). The van der Waals surface area contributed by atoms with Crippen molar-refractivity contribution in [3.05, 3.63) is 35.9 Å². The Morgan fingerprint density at radius 1 is 1.31 bits per heavy atom. The van der Waals surface area contributed by atoms with E-state index in [4.69, 9.17) is 4.74 Å². The third-order valence-corrected chi connectivity index (χ3v) is 2.52. The van der Waals surface area contributed by atoms with Crippen LogP contribution in [-0.4, -0.2) is 12.2 Å². The zero-order valence-corrected chi connectivity index (χ0v) is 10.1. The number of alkyl carbamates (subject to hydrolysis) is 1. The fourth-order valence-corrected chi connectivity index (χ4v) is 1.30. The Hall–Kier alpha value is -1.51. The van der Waals surface area contributed by atoms with Crippen LogP contribution < -0.4 is 5.32 Å². The molecule has 1 amide bonds. The quantitative estimate of drug-likeness (QED) is 0.847. The molecule has 2 atom stereocenters. The van der Waals surface area contributed by atoms with E-state index in [0.717, 1.165) is 12.0 Å². The summed E-state index contributed by atoms with van der Waals surface area (Å²) in [6.45, 7) is 5.80. The number of ether oxygens (including phenoxy) is 1. The van der Waals surface area contributed by atoms with Crippen LogP contribution in [0.25, 0.3) is 0 Å². The zero-order chi connectivity index (χ0) is 12.0. The highest BCUT2D eigenvalue weighted by atomic mass is 16.6. The third kappa shape index (κ3) is 3.93. The van der Waals surface area contributed by atoms with Gasteiger partial charge in [0.2, 0.25) is 0 Å². The van der Waals surface area contributed by atoms with E-state index in [1.165, 1.54) is 0 Å². The Morgan fingerprint density at radius 3 is 2.50 bits per heavy atom. The van der Waals surface area contributed by atoms with Crippen LogP contribution in [0.1, 0.15) is 38.8 Å². The molecule has 2 unspecified atom stereocenters. The molecule has 88 valence electrons. The van der Waals surface area contributed by atoms with Crippen molar-refractivity contribution in [2.45, 2.75) is 39.3 Å². The molecule has 1 aromatic rings. The van der Waals surface area contributed by atoms with Gasteiger partial charge in [0, 0.05) is 0 Å². The molecule has 0 heterocycles. The Bertz CT molecular complexity index is 324. The number of rotatable bonds is 4. The molecule has 0 spiro atoms. The van der Waals surface area contributed by atoms with Gasteiger partial charge < -0.3 is 10.1 Å². The van der Waals surface area contributed by atoms with E-state index >= 15 is 0 Å². The summed E-state index contributed by atoms with van der Waals surface area (Å²) in [5.41, 5.74) is 1.07. The second-order valence-corrected chi connectivity index (χ2v) is 3.90. The van der Waals surface area contributed by atoms with Crippen LogP contribution in [0, 0.1) is 0 Å². The molecule has 1 aromatic carbocycles. The van der Waals surface area contributed by atoms with Crippen molar-refractivity contribution in [1.29, 1.82) is 0 Å². The standard InChI is InChI=1S/C13H19NO2/c1-4-10(2)16-13(15)14-11(3)12-8-6-5-7-9-12/h5-11H,4H2,1-3H3,(H,14,15). The molecule has 0 saturated carbocycles.